The standard InChI is InChI=1S/C15H17N3O2S/c1-10-3-4-12(18-17-10)14(19)16-9-15(2)11-6-8-21-13(11)5-7-20-15/h3-4,6,8H,5,7,9H2,1-2H3,(H,16,19)/t15-/m0/s1. The molecule has 0 fully saturated rings. The summed E-state index contributed by atoms with van der Waals surface area (Å²) in [5.41, 5.74) is 1.82. The van der Waals surface area contributed by atoms with Gasteiger partial charge in [0.1, 0.15) is 5.60 Å². The van der Waals surface area contributed by atoms with Gasteiger partial charge in [-0.2, -0.15) is 5.10 Å². The molecule has 0 bridgehead atoms. The van der Waals surface area contributed by atoms with Crippen LogP contribution in [0.25, 0.3) is 0 Å². The second-order valence-electron chi connectivity index (χ2n) is 5.33. The van der Waals surface area contributed by atoms with E-state index >= 15 is 0 Å². The lowest BCUT2D eigenvalue weighted by molar-refractivity contribution is -0.0426. The summed E-state index contributed by atoms with van der Waals surface area (Å²) < 4.78 is 5.91. The highest BCUT2D eigenvalue weighted by molar-refractivity contribution is 7.10. The van der Waals surface area contributed by atoms with Gasteiger partial charge in [-0.1, -0.05) is 0 Å². The molecule has 3 rings (SSSR count). The number of carbonyl (C=O) groups is 1. The Balaban J connectivity index is 1.71. The second-order valence-corrected chi connectivity index (χ2v) is 6.33. The molecule has 1 amide bonds. The van der Waals surface area contributed by atoms with E-state index in [1.54, 1.807) is 23.5 Å². The van der Waals surface area contributed by atoms with Crippen molar-refractivity contribution >= 4 is 17.2 Å². The smallest absolute Gasteiger partial charge is 0.271 e. The molecule has 110 valence electrons. The molecule has 0 unspecified atom stereocenters. The molecule has 0 aromatic carbocycles. The number of nitrogens with zero attached hydrogens (tertiary/aromatic N) is 2. The van der Waals surface area contributed by atoms with Gasteiger partial charge in [-0.15, -0.1) is 16.4 Å². The molecule has 2 aromatic heterocycles. The summed E-state index contributed by atoms with van der Waals surface area (Å²) in [6.45, 7) is 4.96. The Kier molecular flexibility index (Phi) is 3.73. The van der Waals surface area contributed by atoms with Crippen molar-refractivity contribution in [1.82, 2.24) is 15.5 Å². The number of carbonyl (C=O) groups excluding carboxylic acids is 1. The van der Waals surface area contributed by atoms with Gasteiger partial charge < -0.3 is 10.1 Å². The summed E-state index contributed by atoms with van der Waals surface area (Å²) in [6.07, 6.45) is 0.944. The average Bonchev–Trinajstić information content (AvgIpc) is 2.96. The van der Waals surface area contributed by atoms with E-state index in [1.165, 1.54) is 10.4 Å². The fraction of sp³-hybridized carbons (Fsp3) is 0.400. The van der Waals surface area contributed by atoms with Gasteiger partial charge >= 0.3 is 0 Å². The van der Waals surface area contributed by atoms with Crippen molar-refractivity contribution in [1.29, 1.82) is 0 Å². The first kappa shape index (κ1) is 14.2. The molecule has 1 N–H and O–H groups in total. The quantitative estimate of drug-likeness (QED) is 0.942. The van der Waals surface area contributed by atoms with Crippen LogP contribution in [0.15, 0.2) is 23.6 Å². The van der Waals surface area contributed by atoms with Gasteiger partial charge in [0.2, 0.25) is 0 Å². The highest BCUT2D eigenvalue weighted by Crippen LogP contribution is 2.35. The van der Waals surface area contributed by atoms with E-state index in [1.807, 2.05) is 13.8 Å². The van der Waals surface area contributed by atoms with Gasteiger partial charge in [0, 0.05) is 11.3 Å². The number of nitrogens with one attached hydrogen (secondary N) is 1. The van der Waals surface area contributed by atoms with E-state index in [0.717, 1.165) is 12.1 Å². The molecular weight excluding hydrogens is 286 g/mol. The van der Waals surface area contributed by atoms with E-state index in [9.17, 15) is 4.79 Å². The van der Waals surface area contributed by atoms with E-state index < -0.39 is 5.60 Å². The molecule has 1 atom stereocenters. The predicted octanol–water partition coefficient (Wildman–Crippen LogP) is 2.06. The van der Waals surface area contributed by atoms with Crippen LogP contribution < -0.4 is 5.32 Å². The summed E-state index contributed by atoms with van der Waals surface area (Å²) in [6, 6.07) is 5.53. The van der Waals surface area contributed by atoms with Crippen LogP contribution in [0.3, 0.4) is 0 Å². The van der Waals surface area contributed by atoms with Gasteiger partial charge in [0.05, 0.1) is 18.8 Å². The zero-order chi connectivity index (χ0) is 14.9. The number of ether oxygens (including phenoxy) is 1. The number of hydrogen-bond acceptors (Lipinski definition) is 5. The molecule has 6 heteroatoms. The highest BCUT2D eigenvalue weighted by atomic mass is 32.1. The molecule has 0 spiro atoms. The number of aryl methyl sites for hydroxylation is 1. The summed E-state index contributed by atoms with van der Waals surface area (Å²) in [4.78, 5) is 13.5. The van der Waals surface area contributed by atoms with Crippen LogP contribution in [-0.2, 0) is 16.8 Å². The van der Waals surface area contributed by atoms with Crippen molar-refractivity contribution in [2.75, 3.05) is 13.2 Å². The summed E-state index contributed by atoms with van der Waals surface area (Å²) in [5, 5.41) is 12.8. The summed E-state index contributed by atoms with van der Waals surface area (Å²) >= 11 is 1.74. The molecule has 0 radical (unpaired) electrons. The van der Waals surface area contributed by atoms with Crippen molar-refractivity contribution < 1.29 is 9.53 Å². The third-order valence-electron chi connectivity index (χ3n) is 3.68. The van der Waals surface area contributed by atoms with Crippen LogP contribution in [0.2, 0.25) is 0 Å². The topological polar surface area (TPSA) is 64.1 Å². The van der Waals surface area contributed by atoms with Crippen LogP contribution in [-0.4, -0.2) is 29.3 Å². The van der Waals surface area contributed by atoms with E-state index in [4.69, 9.17) is 4.74 Å². The zero-order valence-corrected chi connectivity index (χ0v) is 12.9. The second kappa shape index (κ2) is 5.54. The summed E-state index contributed by atoms with van der Waals surface area (Å²) in [5.74, 6) is -0.227. The molecule has 21 heavy (non-hydrogen) atoms. The maximum absolute atomic E-state index is 12.1. The average molecular weight is 303 g/mol. The van der Waals surface area contributed by atoms with Crippen LogP contribution >= 0.6 is 11.3 Å². The van der Waals surface area contributed by atoms with Crippen LogP contribution in [0.5, 0.6) is 0 Å². The van der Waals surface area contributed by atoms with Gasteiger partial charge in [-0.3, -0.25) is 4.79 Å². The minimum absolute atomic E-state index is 0.227. The normalized spacial score (nSPS) is 20.9. The van der Waals surface area contributed by atoms with Crippen molar-refractivity contribution in [3.8, 4) is 0 Å². The Bertz CT molecular complexity index is 653. The van der Waals surface area contributed by atoms with Crippen molar-refractivity contribution in [2.24, 2.45) is 0 Å². The first-order valence-electron chi connectivity index (χ1n) is 6.88. The predicted molar refractivity (Wildman–Crippen MR) is 80.4 cm³/mol. The lowest BCUT2D eigenvalue weighted by atomic mass is 9.93. The fourth-order valence-electron chi connectivity index (χ4n) is 2.46. The molecule has 5 nitrogen and oxygen atoms in total. The van der Waals surface area contributed by atoms with Gasteiger partial charge in [-0.25, -0.2) is 0 Å². The first-order chi connectivity index (χ1) is 10.1. The number of thiophene rings is 1. The Morgan fingerprint density at radius 1 is 1.43 bits per heavy atom. The minimum Gasteiger partial charge on any atom is -0.368 e. The Hall–Kier alpha value is -1.79. The fourth-order valence-corrected chi connectivity index (χ4v) is 3.44. The van der Waals surface area contributed by atoms with E-state index in [0.29, 0.717) is 18.8 Å². The van der Waals surface area contributed by atoms with Gasteiger partial charge in [0.25, 0.3) is 5.91 Å². The maximum Gasteiger partial charge on any atom is 0.271 e. The number of hydrogen-bond donors (Lipinski definition) is 1. The molecule has 1 aliphatic heterocycles. The van der Waals surface area contributed by atoms with Gasteiger partial charge in [-0.05, 0) is 43.0 Å². The molecule has 0 aliphatic carbocycles. The third-order valence-corrected chi connectivity index (χ3v) is 4.66. The lowest BCUT2D eigenvalue weighted by Crippen LogP contribution is -2.43. The Labute approximate surface area is 127 Å². The SMILES string of the molecule is Cc1ccc(C(=O)NC[C@]2(C)OCCc3sccc32)nn1. The maximum atomic E-state index is 12.1. The Morgan fingerprint density at radius 2 is 2.29 bits per heavy atom. The number of rotatable bonds is 3. The molecule has 2 aromatic rings. The number of amides is 1. The largest absolute Gasteiger partial charge is 0.368 e. The van der Waals surface area contributed by atoms with Crippen molar-refractivity contribution in [2.45, 2.75) is 25.9 Å². The van der Waals surface area contributed by atoms with Crippen LogP contribution in [0.4, 0.5) is 0 Å². The van der Waals surface area contributed by atoms with Crippen LogP contribution in [0.1, 0.15) is 33.5 Å². The van der Waals surface area contributed by atoms with E-state index in [-0.39, 0.29) is 5.91 Å². The zero-order valence-electron chi connectivity index (χ0n) is 12.0. The van der Waals surface area contributed by atoms with E-state index in [2.05, 4.69) is 27.0 Å². The molecule has 1 aliphatic rings. The van der Waals surface area contributed by atoms with Crippen molar-refractivity contribution in [3.05, 3.63) is 45.4 Å². The van der Waals surface area contributed by atoms with Crippen molar-refractivity contribution in [3.63, 3.8) is 0 Å². The molecule has 3 heterocycles. The lowest BCUT2D eigenvalue weighted by Gasteiger charge is -2.34. The highest BCUT2D eigenvalue weighted by Gasteiger charge is 2.34. The monoisotopic (exact) mass is 303 g/mol. The molecular formula is C15H17N3O2S. The Morgan fingerprint density at radius 3 is 3.05 bits per heavy atom. The third kappa shape index (κ3) is 2.82. The molecule has 0 saturated heterocycles. The van der Waals surface area contributed by atoms with Crippen LogP contribution in [0, 0.1) is 6.92 Å². The number of fused-ring (bicyclic) bond motifs is 1. The first-order valence-corrected chi connectivity index (χ1v) is 7.76. The summed E-state index contributed by atoms with van der Waals surface area (Å²) in [7, 11) is 0. The number of aromatic nitrogens is 2. The van der Waals surface area contributed by atoms with Gasteiger partial charge in [0.15, 0.2) is 5.69 Å². The molecule has 0 saturated carbocycles. The minimum atomic E-state index is -0.471.